The van der Waals surface area contributed by atoms with Crippen molar-refractivity contribution in [3.63, 3.8) is 0 Å². The van der Waals surface area contributed by atoms with Crippen LogP contribution in [0.2, 0.25) is 0 Å². The third-order valence-corrected chi connectivity index (χ3v) is 5.62. The molecule has 4 aromatic rings. The zero-order chi connectivity index (χ0) is 19.7. The van der Waals surface area contributed by atoms with Gasteiger partial charge in [0.1, 0.15) is 6.54 Å². The van der Waals surface area contributed by atoms with E-state index in [-0.39, 0.29) is 17.6 Å². The van der Waals surface area contributed by atoms with Gasteiger partial charge in [-0.05, 0) is 30.2 Å². The molecule has 2 aromatic carbocycles. The Hall–Kier alpha value is -3.13. The average Bonchev–Trinajstić information content (AvgIpc) is 3.24. The van der Waals surface area contributed by atoms with Crippen molar-refractivity contribution in [2.45, 2.75) is 18.1 Å². The number of aromatic amines is 1. The Morgan fingerprint density at radius 3 is 2.71 bits per heavy atom. The van der Waals surface area contributed by atoms with Crippen LogP contribution in [0.15, 0.2) is 59.9 Å². The van der Waals surface area contributed by atoms with Crippen molar-refractivity contribution in [1.29, 1.82) is 0 Å². The molecule has 0 saturated heterocycles. The lowest BCUT2D eigenvalue weighted by molar-refractivity contribution is -0.121. The van der Waals surface area contributed by atoms with Crippen molar-refractivity contribution in [2.24, 2.45) is 0 Å². The number of sulfone groups is 1. The molecular formula is C20H20N4O3S. The summed E-state index contributed by atoms with van der Waals surface area (Å²) in [5, 5.41) is 3.91. The molecule has 0 aliphatic carbocycles. The summed E-state index contributed by atoms with van der Waals surface area (Å²) in [6.07, 6.45) is 3.72. The Morgan fingerprint density at radius 1 is 1.14 bits per heavy atom. The van der Waals surface area contributed by atoms with Crippen molar-refractivity contribution in [1.82, 2.24) is 19.9 Å². The number of hydrogen-bond donors (Lipinski definition) is 2. The van der Waals surface area contributed by atoms with Crippen LogP contribution in [0.5, 0.6) is 0 Å². The van der Waals surface area contributed by atoms with Crippen LogP contribution in [0, 0.1) is 0 Å². The quantitative estimate of drug-likeness (QED) is 0.523. The summed E-state index contributed by atoms with van der Waals surface area (Å²) in [7, 11) is -3.55. The van der Waals surface area contributed by atoms with Gasteiger partial charge in [0.25, 0.3) is 0 Å². The number of imidazole rings is 1. The number of para-hydroxylation sites is 3. The van der Waals surface area contributed by atoms with Gasteiger partial charge in [0.2, 0.25) is 20.9 Å². The smallest absolute Gasteiger partial charge is 0.240 e. The van der Waals surface area contributed by atoms with Gasteiger partial charge in [0.15, 0.2) is 0 Å². The monoisotopic (exact) mass is 396 g/mol. The van der Waals surface area contributed by atoms with Crippen LogP contribution in [0.25, 0.3) is 21.9 Å². The van der Waals surface area contributed by atoms with E-state index in [1.807, 2.05) is 30.5 Å². The molecule has 2 N–H and O–H groups in total. The fourth-order valence-corrected chi connectivity index (χ4v) is 4.19. The van der Waals surface area contributed by atoms with Crippen molar-refractivity contribution in [3.8, 4) is 0 Å². The minimum atomic E-state index is -3.55. The second-order valence-corrected chi connectivity index (χ2v) is 8.61. The Balaban J connectivity index is 1.48. The molecule has 7 nitrogen and oxygen atoms in total. The van der Waals surface area contributed by atoms with Crippen molar-refractivity contribution in [2.75, 3.05) is 12.8 Å². The fraction of sp³-hybridized carbons (Fsp3) is 0.200. The van der Waals surface area contributed by atoms with E-state index in [0.29, 0.717) is 24.0 Å². The number of benzene rings is 2. The van der Waals surface area contributed by atoms with Gasteiger partial charge in [-0.3, -0.25) is 4.79 Å². The molecule has 0 saturated carbocycles. The van der Waals surface area contributed by atoms with Gasteiger partial charge < -0.3 is 14.9 Å². The van der Waals surface area contributed by atoms with Crippen LogP contribution < -0.4 is 5.32 Å². The highest BCUT2D eigenvalue weighted by Crippen LogP contribution is 2.20. The van der Waals surface area contributed by atoms with Gasteiger partial charge in [0.05, 0.1) is 11.0 Å². The maximum Gasteiger partial charge on any atom is 0.240 e. The predicted molar refractivity (Wildman–Crippen MR) is 108 cm³/mol. The van der Waals surface area contributed by atoms with E-state index in [1.54, 1.807) is 24.3 Å². The Kier molecular flexibility index (Phi) is 4.64. The second kappa shape index (κ2) is 7.12. The highest BCUT2D eigenvalue weighted by atomic mass is 32.2. The van der Waals surface area contributed by atoms with Crippen LogP contribution in [0.1, 0.15) is 5.56 Å². The number of H-pyrrole nitrogens is 1. The van der Waals surface area contributed by atoms with E-state index in [1.165, 1.54) is 4.57 Å². The second-order valence-electron chi connectivity index (χ2n) is 6.70. The van der Waals surface area contributed by atoms with Crippen LogP contribution >= 0.6 is 0 Å². The van der Waals surface area contributed by atoms with Crippen molar-refractivity contribution < 1.29 is 13.2 Å². The number of hydrogen-bond acceptors (Lipinski definition) is 4. The molecule has 2 aromatic heterocycles. The average molecular weight is 396 g/mol. The molecule has 0 fully saturated rings. The van der Waals surface area contributed by atoms with E-state index >= 15 is 0 Å². The number of nitrogens with zero attached hydrogens (tertiary/aromatic N) is 2. The van der Waals surface area contributed by atoms with Crippen molar-refractivity contribution >= 4 is 37.7 Å². The zero-order valence-electron chi connectivity index (χ0n) is 15.3. The Morgan fingerprint density at radius 2 is 1.89 bits per heavy atom. The fourth-order valence-electron chi connectivity index (χ4n) is 3.36. The maximum absolute atomic E-state index is 12.5. The van der Waals surface area contributed by atoms with Crippen LogP contribution in [0.3, 0.4) is 0 Å². The van der Waals surface area contributed by atoms with E-state index in [9.17, 15) is 13.2 Å². The number of rotatable bonds is 6. The maximum atomic E-state index is 12.5. The Labute approximate surface area is 162 Å². The molecule has 0 aliphatic heterocycles. The topological polar surface area (TPSA) is 96.8 Å². The summed E-state index contributed by atoms with van der Waals surface area (Å²) < 4.78 is 25.6. The van der Waals surface area contributed by atoms with Gasteiger partial charge in [-0.2, -0.15) is 0 Å². The minimum Gasteiger partial charge on any atom is -0.361 e. The number of aromatic nitrogens is 3. The number of amides is 1. The van der Waals surface area contributed by atoms with Gasteiger partial charge in [-0.15, -0.1) is 0 Å². The molecule has 4 rings (SSSR count). The van der Waals surface area contributed by atoms with Gasteiger partial charge in [-0.25, -0.2) is 13.4 Å². The molecule has 0 unspecified atom stereocenters. The lowest BCUT2D eigenvalue weighted by atomic mass is 10.1. The first-order valence-corrected chi connectivity index (χ1v) is 10.8. The first-order valence-electron chi connectivity index (χ1n) is 8.90. The zero-order valence-corrected chi connectivity index (χ0v) is 16.2. The summed E-state index contributed by atoms with van der Waals surface area (Å²) in [5.41, 5.74) is 3.36. The van der Waals surface area contributed by atoms with Crippen LogP contribution in [-0.4, -0.2) is 41.7 Å². The summed E-state index contributed by atoms with van der Waals surface area (Å²) in [5.74, 6) is -0.257. The molecular weight excluding hydrogens is 376 g/mol. The molecule has 0 bridgehead atoms. The molecule has 0 aliphatic rings. The molecule has 144 valence electrons. The highest BCUT2D eigenvalue weighted by Gasteiger charge is 2.20. The summed E-state index contributed by atoms with van der Waals surface area (Å²) in [4.78, 5) is 19.9. The third kappa shape index (κ3) is 3.50. The summed E-state index contributed by atoms with van der Waals surface area (Å²) >= 11 is 0. The van der Waals surface area contributed by atoms with Gasteiger partial charge >= 0.3 is 0 Å². The Bertz CT molecular complexity index is 1270. The number of carbonyl (C=O) groups excluding carboxylic acids is 1. The lowest BCUT2D eigenvalue weighted by Gasteiger charge is -2.09. The third-order valence-electron chi connectivity index (χ3n) is 4.64. The van der Waals surface area contributed by atoms with E-state index < -0.39 is 9.84 Å². The number of fused-ring (bicyclic) bond motifs is 2. The molecule has 0 atom stereocenters. The molecule has 0 radical (unpaired) electrons. The van der Waals surface area contributed by atoms with Crippen LogP contribution in [0.4, 0.5) is 0 Å². The largest absolute Gasteiger partial charge is 0.361 e. The lowest BCUT2D eigenvalue weighted by Crippen LogP contribution is -2.30. The van der Waals surface area contributed by atoms with E-state index in [2.05, 4.69) is 15.3 Å². The molecule has 1 amide bonds. The molecule has 28 heavy (non-hydrogen) atoms. The van der Waals surface area contributed by atoms with E-state index in [4.69, 9.17) is 0 Å². The normalized spacial score (nSPS) is 11.9. The van der Waals surface area contributed by atoms with Crippen LogP contribution in [-0.2, 0) is 27.6 Å². The SMILES string of the molecule is CS(=O)(=O)c1nc2ccccc2n1CC(=O)NCCc1c[nH]c2ccccc12. The number of nitrogens with one attached hydrogen (secondary N) is 2. The number of carbonyl (C=O) groups is 1. The minimum absolute atomic E-state index is 0.0968. The summed E-state index contributed by atoms with van der Waals surface area (Å²) in [6.45, 7) is 0.359. The molecule has 2 heterocycles. The predicted octanol–water partition coefficient (Wildman–Crippen LogP) is 2.28. The summed E-state index contributed by atoms with van der Waals surface area (Å²) in [6, 6.07) is 15.1. The first kappa shape index (κ1) is 18.2. The van der Waals surface area contributed by atoms with E-state index in [0.717, 1.165) is 22.7 Å². The molecule has 8 heteroatoms. The molecule has 0 spiro atoms. The van der Waals surface area contributed by atoms with Crippen molar-refractivity contribution in [3.05, 3.63) is 60.3 Å². The highest BCUT2D eigenvalue weighted by molar-refractivity contribution is 7.90. The van der Waals surface area contributed by atoms with Gasteiger partial charge in [-0.1, -0.05) is 30.3 Å². The van der Waals surface area contributed by atoms with Gasteiger partial charge in [0, 0.05) is 29.9 Å². The standard InChI is InChI=1S/C20H20N4O3S/c1-28(26,27)20-23-17-8-4-5-9-18(17)24(20)13-19(25)21-11-10-14-12-22-16-7-3-2-6-15(14)16/h2-9,12,22H,10-11,13H2,1H3,(H,21,25). The first-order chi connectivity index (χ1) is 13.4.